The fourth-order valence-corrected chi connectivity index (χ4v) is 1.26. The second kappa shape index (κ2) is 5.01. The molecule has 0 aromatic heterocycles. The summed E-state index contributed by atoms with van der Waals surface area (Å²) in [5.74, 6) is -1.44. The zero-order valence-corrected chi connectivity index (χ0v) is 9.28. The Balaban J connectivity index is 0.00000289. The second-order valence-electron chi connectivity index (χ2n) is 2.99. The first-order chi connectivity index (χ1) is 7.77. The van der Waals surface area contributed by atoms with Gasteiger partial charge in [0.1, 0.15) is 5.56 Å². The van der Waals surface area contributed by atoms with Crippen LogP contribution in [0.2, 0.25) is 0 Å². The molecular weight excluding hydrogens is 252 g/mol. The van der Waals surface area contributed by atoms with Crippen molar-refractivity contribution in [1.29, 1.82) is 0 Å². The molecule has 0 radical (unpaired) electrons. The van der Waals surface area contributed by atoms with Gasteiger partial charge in [0.25, 0.3) is 17.1 Å². The van der Waals surface area contributed by atoms with E-state index in [2.05, 4.69) is 0 Å². The van der Waals surface area contributed by atoms with Crippen LogP contribution in [-0.2, 0) is 0 Å². The van der Waals surface area contributed by atoms with E-state index in [0.717, 1.165) is 6.92 Å². The molecule has 0 heterocycles. The highest BCUT2D eigenvalue weighted by Gasteiger charge is 2.29. The van der Waals surface area contributed by atoms with Gasteiger partial charge in [-0.25, -0.2) is 0 Å². The topological polar surface area (TPSA) is 189 Å². The van der Waals surface area contributed by atoms with Crippen LogP contribution in [0.25, 0.3) is 0 Å². The largest absolute Gasteiger partial charge is 0.863 e. The van der Waals surface area contributed by atoms with E-state index in [9.17, 15) is 35.4 Å². The number of hydrogen-bond donors (Lipinski definition) is 1. The summed E-state index contributed by atoms with van der Waals surface area (Å²) in [6.07, 6.45) is 0. The third-order valence-corrected chi connectivity index (χ3v) is 2.04. The summed E-state index contributed by atoms with van der Waals surface area (Å²) in [4.78, 5) is 28.2. The first-order valence-electron chi connectivity index (χ1n) is 4.05. The van der Waals surface area contributed by atoms with Gasteiger partial charge < -0.3 is 11.3 Å². The number of nitro benzene ring substituents is 3. The van der Waals surface area contributed by atoms with Crippen molar-refractivity contribution < 1.29 is 19.9 Å². The Kier molecular flexibility index (Phi) is 4.22. The summed E-state index contributed by atoms with van der Waals surface area (Å²) in [7, 11) is 0. The van der Waals surface area contributed by atoms with Crippen LogP contribution >= 0.6 is 0 Å². The van der Waals surface area contributed by atoms with E-state index in [-0.39, 0.29) is 6.15 Å². The molecule has 1 aromatic carbocycles. The fraction of sp³-hybridized carbons (Fsp3) is 0.143. The molecule has 18 heavy (non-hydrogen) atoms. The molecule has 0 aliphatic carbocycles. The van der Waals surface area contributed by atoms with E-state index in [4.69, 9.17) is 0 Å². The van der Waals surface area contributed by atoms with E-state index in [1.54, 1.807) is 0 Å². The van der Waals surface area contributed by atoms with Crippen molar-refractivity contribution in [2.45, 2.75) is 6.92 Å². The van der Waals surface area contributed by atoms with E-state index in [1.807, 2.05) is 0 Å². The van der Waals surface area contributed by atoms with Crippen molar-refractivity contribution in [3.05, 3.63) is 42.0 Å². The van der Waals surface area contributed by atoms with Crippen molar-refractivity contribution in [3.8, 4) is 5.75 Å². The monoisotopic (exact) mass is 260 g/mol. The van der Waals surface area contributed by atoms with E-state index in [0.29, 0.717) is 6.07 Å². The van der Waals surface area contributed by atoms with Crippen LogP contribution in [0.1, 0.15) is 5.56 Å². The van der Waals surface area contributed by atoms with Gasteiger partial charge in [-0.05, 0) is 6.92 Å². The number of nitro groups is 3. The predicted octanol–water partition coefficient (Wildman–Crippen LogP) is 1.17. The van der Waals surface area contributed by atoms with E-state index in [1.165, 1.54) is 0 Å². The lowest BCUT2D eigenvalue weighted by molar-refractivity contribution is -0.421. The molecule has 1 rings (SSSR count). The van der Waals surface area contributed by atoms with Crippen molar-refractivity contribution in [1.82, 2.24) is 6.15 Å². The van der Waals surface area contributed by atoms with Gasteiger partial charge in [-0.3, -0.25) is 30.3 Å². The summed E-state index contributed by atoms with van der Waals surface area (Å²) in [5, 5.41) is 42.9. The molecule has 11 nitrogen and oxygen atoms in total. The molecule has 0 unspecified atom stereocenters. The van der Waals surface area contributed by atoms with E-state index >= 15 is 0 Å². The predicted molar refractivity (Wildman–Crippen MR) is 56.6 cm³/mol. The Morgan fingerprint density at radius 3 is 1.72 bits per heavy atom. The Labute approximate surface area is 98.7 Å². The maximum atomic E-state index is 11.3. The van der Waals surface area contributed by atoms with Gasteiger partial charge in [-0.15, -0.1) is 0 Å². The van der Waals surface area contributed by atoms with Crippen LogP contribution in [0.5, 0.6) is 5.75 Å². The maximum Gasteiger partial charge on any atom is 0.286 e. The minimum atomic E-state index is -1.44. The van der Waals surface area contributed by atoms with Crippen molar-refractivity contribution >= 4 is 17.1 Å². The summed E-state index contributed by atoms with van der Waals surface area (Å²) >= 11 is 0. The van der Waals surface area contributed by atoms with E-state index < -0.39 is 43.1 Å². The highest BCUT2D eigenvalue weighted by atomic mass is 16.6. The van der Waals surface area contributed by atoms with Gasteiger partial charge in [-0.1, -0.05) is 0 Å². The van der Waals surface area contributed by atoms with Gasteiger partial charge in [-0.2, -0.15) is 0 Å². The molecule has 0 bridgehead atoms. The standard InChI is InChI=1S/C7H5N3O7.H3N/c1-3-4(8(12)13)2-5(9(14)15)7(11)6(3)10(16)17;/h2,11H,1H3;1H3. The van der Waals surface area contributed by atoms with Crippen LogP contribution in [0.3, 0.4) is 0 Å². The van der Waals surface area contributed by atoms with Crippen molar-refractivity contribution in [2.24, 2.45) is 0 Å². The lowest BCUT2D eigenvalue weighted by Gasteiger charge is -2.09. The third kappa shape index (κ3) is 2.30. The van der Waals surface area contributed by atoms with Gasteiger partial charge in [0, 0.05) is 0 Å². The Bertz CT molecular complexity index is 503. The molecule has 0 atom stereocenters. The number of hydrogen-bond acceptors (Lipinski definition) is 7. The average Bonchev–Trinajstić information content (AvgIpc) is 2.15. The number of benzene rings is 1. The molecule has 0 fully saturated rings. The second-order valence-corrected chi connectivity index (χ2v) is 2.99. The first kappa shape index (κ1) is 15.2. The first-order valence-corrected chi connectivity index (χ1v) is 4.05. The lowest BCUT2D eigenvalue weighted by Crippen LogP contribution is -2.06. The molecule has 0 aliphatic heterocycles. The molecule has 0 spiro atoms. The van der Waals surface area contributed by atoms with Crippen LogP contribution in [0.15, 0.2) is 6.07 Å². The lowest BCUT2D eigenvalue weighted by atomic mass is 10.1. The molecule has 0 aliphatic rings. The van der Waals surface area contributed by atoms with Crippen LogP contribution in [-0.4, -0.2) is 14.8 Å². The van der Waals surface area contributed by atoms with Gasteiger partial charge in [0.15, 0.2) is 0 Å². The number of quaternary nitrogens is 1. The molecule has 11 heteroatoms. The van der Waals surface area contributed by atoms with Crippen molar-refractivity contribution in [3.63, 3.8) is 0 Å². The van der Waals surface area contributed by atoms with Crippen LogP contribution in [0, 0.1) is 37.3 Å². The Morgan fingerprint density at radius 2 is 1.39 bits per heavy atom. The van der Waals surface area contributed by atoms with Gasteiger partial charge in [0.2, 0.25) is 0 Å². The number of rotatable bonds is 3. The molecule has 4 N–H and O–H groups in total. The van der Waals surface area contributed by atoms with Gasteiger partial charge >= 0.3 is 0 Å². The Hall–Kier alpha value is -2.82. The number of nitrogens with zero attached hydrogens (tertiary/aromatic N) is 3. The molecule has 98 valence electrons. The summed E-state index contributed by atoms with van der Waals surface area (Å²) in [5.41, 5.74) is -3.67. The fourth-order valence-electron chi connectivity index (χ4n) is 1.26. The minimum Gasteiger partial charge on any atom is -0.863 e. The summed E-state index contributed by atoms with van der Waals surface area (Å²) < 4.78 is 0. The molecule has 0 saturated carbocycles. The molecular formula is C7H8N4O7. The minimum absolute atomic E-state index is 0. The van der Waals surface area contributed by atoms with Gasteiger partial charge in [0.05, 0.1) is 26.6 Å². The molecule has 0 saturated heterocycles. The summed E-state index contributed by atoms with van der Waals surface area (Å²) in [6.45, 7) is 0.987. The smallest absolute Gasteiger partial charge is 0.286 e. The molecule has 0 amide bonds. The summed E-state index contributed by atoms with van der Waals surface area (Å²) in [6, 6.07) is 0.421. The van der Waals surface area contributed by atoms with Crippen molar-refractivity contribution in [2.75, 3.05) is 0 Å². The van der Waals surface area contributed by atoms with Crippen LogP contribution in [0.4, 0.5) is 17.1 Å². The molecule has 1 aromatic rings. The highest BCUT2D eigenvalue weighted by molar-refractivity contribution is 5.69. The highest BCUT2D eigenvalue weighted by Crippen LogP contribution is 2.40. The zero-order valence-electron chi connectivity index (χ0n) is 9.28. The zero-order chi connectivity index (χ0) is 13.3. The maximum absolute atomic E-state index is 11.3. The Morgan fingerprint density at radius 1 is 0.944 bits per heavy atom. The SMILES string of the molecule is Cc1c([N+](=O)[O-])cc([N+](=O)[O-])c([O-])c1[N+](=O)[O-].[NH4+]. The van der Waals surface area contributed by atoms with Crippen LogP contribution < -0.4 is 11.3 Å². The average molecular weight is 260 g/mol. The quantitative estimate of drug-likeness (QED) is 0.622. The normalized spacial score (nSPS) is 9.39. The third-order valence-electron chi connectivity index (χ3n) is 2.04.